The molecule has 3 aliphatic rings. The number of nitrogens with one attached hydrogen (secondary N) is 1. The number of carbonyl (C=O) groups excluding carboxylic acids is 1. The Labute approximate surface area is 239 Å². The summed E-state index contributed by atoms with van der Waals surface area (Å²) in [6, 6.07) is 1.56. The fourth-order valence-electron chi connectivity index (χ4n) is 7.46. The fraction of sp³-hybridized carbons (Fsp3) is 0.724. The van der Waals surface area contributed by atoms with Crippen LogP contribution in [0, 0.1) is 23.7 Å². The predicted molar refractivity (Wildman–Crippen MR) is 152 cm³/mol. The van der Waals surface area contributed by atoms with E-state index >= 15 is 0 Å². The largest absolute Gasteiger partial charge is 0.429 e. The monoisotopic (exact) mass is 576 g/mol. The van der Waals surface area contributed by atoms with Crippen LogP contribution in [0.1, 0.15) is 76.1 Å². The van der Waals surface area contributed by atoms with E-state index in [1.54, 1.807) is 16.5 Å². The summed E-state index contributed by atoms with van der Waals surface area (Å²) in [5, 5.41) is 13.2. The molecular weight excluding hydrogens is 533 g/mol. The Morgan fingerprint density at radius 3 is 2.59 bits per heavy atom. The van der Waals surface area contributed by atoms with Crippen LogP contribution < -0.4 is 10.6 Å². The molecule has 3 fully saturated rings. The first-order valence-corrected chi connectivity index (χ1v) is 15.0. The smallest absolute Gasteiger partial charge is 0.355 e. The summed E-state index contributed by atoms with van der Waals surface area (Å²) in [5.41, 5.74) is 4.95. The minimum Gasteiger partial charge on any atom is -0.355 e. The van der Waals surface area contributed by atoms with Crippen molar-refractivity contribution in [2.75, 3.05) is 38.1 Å². The van der Waals surface area contributed by atoms with Crippen molar-refractivity contribution >= 4 is 23.1 Å². The lowest BCUT2D eigenvalue weighted by Gasteiger charge is -2.52. The number of hydrogen-bond donors (Lipinski definition) is 2. The number of carbonyl (C=O) groups is 1. The molecule has 9 nitrogen and oxygen atoms in total. The van der Waals surface area contributed by atoms with E-state index < -0.39 is 35.2 Å². The van der Waals surface area contributed by atoms with Crippen LogP contribution in [0.4, 0.5) is 19.0 Å². The van der Waals surface area contributed by atoms with E-state index in [9.17, 15) is 18.0 Å². The van der Waals surface area contributed by atoms with Crippen LogP contribution >= 0.6 is 0 Å². The molecule has 0 radical (unpaired) electrons. The summed E-state index contributed by atoms with van der Waals surface area (Å²) in [6.45, 7) is 7.61. The molecule has 5 atom stereocenters. The summed E-state index contributed by atoms with van der Waals surface area (Å²) in [5.74, 6) is -0.314. The normalized spacial score (nSPS) is 29.9. The molecule has 3 aliphatic heterocycles. The molecule has 2 aromatic heterocycles. The highest BCUT2D eigenvalue weighted by Gasteiger charge is 2.61. The van der Waals surface area contributed by atoms with Crippen molar-refractivity contribution in [1.29, 1.82) is 5.41 Å². The number of fused-ring (bicyclic) bond motifs is 1. The van der Waals surface area contributed by atoms with Gasteiger partial charge in [-0.3, -0.25) is 10.2 Å². The Bertz CT molecular complexity index is 1290. The number of rotatable bonds is 6. The van der Waals surface area contributed by atoms with Crippen molar-refractivity contribution in [3.63, 3.8) is 0 Å². The van der Waals surface area contributed by atoms with E-state index in [1.165, 1.54) is 0 Å². The van der Waals surface area contributed by atoms with Gasteiger partial charge in [-0.1, -0.05) is 20.3 Å². The molecule has 2 aromatic rings. The van der Waals surface area contributed by atoms with Crippen molar-refractivity contribution in [2.24, 2.45) is 17.1 Å². The number of halogens is 3. The Morgan fingerprint density at radius 2 is 1.95 bits per heavy atom. The lowest BCUT2D eigenvalue weighted by molar-refractivity contribution is -0.153. The number of nitrogens with zero attached hydrogens (tertiary/aromatic N) is 6. The maximum absolute atomic E-state index is 14.6. The quantitative estimate of drug-likeness (QED) is 0.496. The summed E-state index contributed by atoms with van der Waals surface area (Å²) >= 11 is 0. The summed E-state index contributed by atoms with van der Waals surface area (Å²) < 4.78 is 44.8. The van der Waals surface area contributed by atoms with Gasteiger partial charge in [-0.25, -0.2) is 9.50 Å². The van der Waals surface area contributed by atoms with Gasteiger partial charge in [-0.05, 0) is 58.4 Å². The van der Waals surface area contributed by atoms with Crippen LogP contribution in [0.25, 0.3) is 5.65 Å². The Balaban J connectivity index is 1.53. The van der Waals surface area contributed by atoms with E-state index in [2.05, 4.69) is 4.90 Å². The second-order valence-corrected chi connectivity index (χ2v) is 12.3. The lowest BCUT2D eigenvalue weighted by Crippen LogP contribution is -2.65. The molecule has 1 amide bonds. The van der Waals surface area contributed by atoms with Gasteiger partial charge in [-0.15, -0.1) is 0 Å². The van der Waals surface area contributed by atoms with E-state index in [1.807, 2.05) is 37.9 Å². The van der Waals surface area contributed by atoms with Gasteiger partial charge < -0.3 is 20.4 Å². The summed E-state index contributed by atoms with van der Waals surface area (Å²) in [7, 11) is 1.78. The highest BCUT2D eigenvalue weighted by Crippen LogP contribution is 2.48. The molecule has 0 bridgehead atoms. The van der Waals surface area contributed by atoms with Crippen molar-refractivity contribution in [3.8, 4) is 0 Å². The minimum absolute atomic E-state index is 0.0752. The van der Waals surface area contributed by atoms with Crippen LogP contribution in [0.2, 0.25) is 0 Å². The minimum atomic E-state index is -4.90. The van der Waals surface area contributed by atoms with Crippen molar-refractivity contribution < 1.29 is 18.0 Å². The standard InChI is InChI=1S/C29H43F3N8O/c1-5-19-13-21(6-2)37(4)17-28(19,26(34)29(30,31)32)27(41)39-11-8-7-9-23(39)22-14-24-35-25(18(3)15-40(24)36-22)38-12-10-20(33)16-38/h14-15,19-21,23,34H,5-13,16-17,33H2,1-4H3. The SMILES string of the molecule is CCC1CC(CC)C(C(=N)C(F)(F)F)(C(=O)N2CCCCC2c2cc3nc(N4CCC(N)C4)c(C)cn3n2)CN1C. The molecule has 5 unspecified atom stereocenters. The molecule has 5 heterocycles. The molecule has 0 aromatic carbocycles. The lowest BCUT2D eigenvalue weighted by atomic mass is 9.63. The zero-order valence-electron chi connectivity index (χ0n) is 24.5. The third-order valence-electron chi connectivity index (χ3n) is 9.70. The molecule has 3 N–H and O–H groups in total. The van der Waals surface area contributed by atoms with Crippen molar-refractivity contribution in [2.45, 2.75) is 90.0 Å². The molecule has 0 saturated carbocycles. The Morgan fingerprint density at radius 1 is 1.20 bits per heavy atom. The zero-order valence-corrected chi connectivity index (χ0v) is 24.5. The average Bonchev–Trinajstić information content (AvgIpc) is 3.56. The predicted octanol–water partition coefficient (Wildman–Crippen LogP) is 4.34. The van der Waals surface area contributed by atoms with Gasteiger partial charge in [0.2, 0.25) is 5.91 Å². The third-order valence-corrected chi connectivity index (χ3v) is 9.70. The maximum atomic E-state index is 14.6. The molecular formula is C29H43F3N8O. The van der Waals surface area contributed by atoms with Crippen LogP contribution in [-0.4, -0.2) is 87.5 Å². The Hall–Kier alpha value is -2.73. The molecule has 3 saturated heterocycles. The van der Waals surface area contributed by atoms with Crippen molar-refractivity contribution in [3.05, 3.63) is 23.5 Å². The van der Waals surface area contributed by atoms with E-state index in [-0.39, 0.29) is 18.6 Å². The van der Waals surface area contributed by atoms with Gasteiger partial charge in [0.15, 0.2) is 5.65 Å². The number of amides is 1. The average molecular weight is 577 g/mol. The van der Waals surface area contributed by atoms with Gasteiger partial charge in [0.25, 0.3) is 0 Å². The number of piperidine rings is 2. The van der Waals surface area contributed by atoms with Gasteiger partial charge in [0.05, 0.1) is 11.7 Å². The first-order valence-electron chi connectivity index (χ1n) is 15.0. The van der Waals surface area contributed by atoms with Gasteiger partial charge in [0, 0.05) is 56.1 Å². The number of aromatic nitrogens is 3. The van der Waals surface area contributed by atoms with Crippen LogP contribution in [0.3, 0.4) is 0 Å². The van der Waals surface area contributed by atoms with Crippen molar-refractivity contribution in [1.82, 2.24) is 24.4 Å². The molecule has 5 rings (SSSR count). The van der Waals surface area contributed by atoms with Crippen LogP contribution in [-0.2, 0) is 4.79 Å². The topological polar surface area (TPSA) is 107 Å². The highest BCUT2D eigenvalue weighted by molar-refractivity contribution is 6.10. The number of likely N-dealkylation sites (tertiary alicyclic amines) is 2. The molecule has 0 aliphatic carbocycles. The van der Waals surface area contributed by atoms with E-state index in [0.717, 1.165) is 43.7 Å². The third kappa shape index (κ3) is 5.22. The number of nitrogens with two attached hydrogens (primary N) is 1. The molecule has 41 heavy (non-hydrogen) atoms. The molecule has 0 spiro atoms. The zero-order chi connectivity index (χ0) is 29.7. The summed E-state index contributed by atoms with van der Waals surface area (Å²) in [4.78, 5) is 25.1. The first kappa shape index (κ1) is 29.8. The van der Waals surface area contributed by atoms with Gasteiger partial charge >= 0.3 is 6.18 Å². The van der Waals surface area contributed by atoms with Gasteiger partial charge in [-0.2, -0.15) is 18.3 Å². The number of aryl methyl sites for hydroxylation is 1. The number of alkyl halides is 3. The van der Waals surface area contributed by atoms with Crippen LogP contribution in [0.15, 0.2) is 12.3 Å². The number of hydrogen-bond acceptors (Lipinski definition) is 7. The highest BCUT2D eigenvalue weighted by atomic mass is 19.4. The number of anilines is 1. The summed E-state index contributed by atoms with van der Waals surface area (Å²) in [6.07, 6.45) is 1.68. The van der Waals surface area contributed by atoms with E-state index in [0.29, 0.717) is 43.6 Å². The second-order valence-electron chi connectivity index (χ2n) is 12.3. The molecule has 12 heteroatoms. The molecule has 226 valence electrons. The van der Waals surface area contributed by atoms with Gasteiger partial charge in [0.1, 0.15) is 16.9 Å². The second kappa shape index (κ2) is 11.2. The Kier molecular flexibility index (Phi) is 8.10. The first-order chi connectivity index (χ1) is 19.4. The maximum Gasteiger partial charge on any atom is 0.429 e. The van der Waals surface area contributed by atoms with E-state index in [4.69, 9.17) is 21.2 Å². The van der Waals surface area contributed by atoms with Crippen LogP contribution in [0.5, 0.6) is 0 Å². The fourth-order valence-corrected chi connectivity index (χ4v) is 7.46.